The average molecular weight is 403 g/mol. The van der Waals surface area contributed by atoms with Crippen molar-refractivity contribution >= 4 is 28.2 Å². The second kappa shape index (κ2) is 11.2. The van der Waals surface area contributed by atoms with Crippen molar-refractivity contribution in [3.8, 4) is 0 Å². The summed E-state index contributed by atoms with van der Waals surface area (Å²) in [5.41, 5.74) is 2.70. The molecule has 2 aromatic rings. The second-order valence-corrected chi connectivity index (χ2v) is 7.58. The summed E-state index contributed by atoms with van der Waals surface area (Å²) in [4.78, 5) is 20.2. The zero-order valence-corrected chi connectivity index (χ0v) is 18.5. The van der Waals surface area contributed by atoms with E-state index in [1.165, 1.54) is 0 Å². The van der Waals surface area contributed by atoms with E-state index in [0.29, 0.717) is 6.54 Å². The molecule has 0 fully saturated rings. The number of nitrogens with zero attached hydrogens (tertiary/aromatic N) is 2. The van der Waals surface area contributed by atoms with Crippen LogP contribution < -0.4 is 10.9 Å². The van der Waals surface area contributed by atoms with Crippen molar-refractivity contribution in [3.05, 3.63) is 45.7 Å². The first-order chi connectivity index (χ1) is 13.5. The predicted molar refractivity (Wildman–Crippen MR) is 123 cm³/mol. The molecule has 6 heteroatoms. The summed E-state index contributed by atoms with van der Waals surface area (Å²) in [5, 5.41) is 5.14. The standard InChI is InChI=1S/C22H34N4OS/c1-5-8-12-23-22(28)26(14-13-25(6-2)7-3)16-19-15-18-11-9-10-17(4)20(18)24-21(19)27/h9-11,15H,5-8,12-14,16H2,1-4H3,(H,23,28)(H,24,27). The van der Waals surface area contributed by atoms with E-state index < -0.39 is 0 Å². The molecular formula is C22H34N4OS. The van der Waals surface area contributed by atoms with Crippen molar-refractivity contribution in [1.82, 2.24) is 20.1 Å². The van der Waals surface area contributed by atoms with Crippen molar-refractivity contribution in [2.75, 3.05) is 32.7 Å². The first kappa shape index (κ1) is 22.4. The fourth-order valence-electron chi connectivity index (χ4n) is 3.29. The Morgan fingerprint density at radius 2 is 1.93 bits per heavy atom. The molecule has 0 aliphatic rings. The summed E-state index contributed by atoms with van der Waals surface area (Å²) >= 11 is 5.66. The summed E-state index contributed by atoms with van der Waals surface area (Å²) in [7, 11) is 0. The SMILES string of the molecule is CCCCNC(=S)N(CCN(CC)CC)Cc1cc2cccc(C)c2[nH]c1=O. The van der Waals surface area contributed by atoms with Crippen molar-refractivity contribution in [2.45, 2.75) is 47.1 Å². The highest BCUT2D eigenvalue weighted by molar-refractivity contribution is 7.80. The van der Waals surface area contributed by atoms with E-state index >= 15 is 0 Å². The number of rotatable bonds is 10. The minimum absolute atomic E-state index is 0.0361. The van der Waals surface area contributed by atoms with Gasteiger partial charge in [0.05, 0.1) is 12.1 Å². The van der Waals surface area contributed by atoms with E-state index in [2.05, 4.69) is 40.9 Å². The molecule has 154 valence electrons. The highest BCUT2D eigenvalue weighted by atomic mass is 32.1. The van der Waals surface area contributed by atoms with Gasteiger partial charge in [-0.3, -0.25) is 4.79 Å². The van der Waals surface area contributed by atoms with Gasteiger partial charge in [0, 0.05) is 25.2 Å². The largest absolute Gasteiger partial charge is 0.363 e. The number of pyridine rings is 1. The number of hydrogen-bond donors (Lipinski definition) is 2. The molecule has 0 bridgehead atoms. The van der Waals surface area contributed by atoms with Crippen LogP contribution in [0.25, 0.3) is 10.9 Å². The van der Waals surface area contributed by atoms with Gasteiger partial charge in [0.1, 0.15) is 0 Å². The van der Waals surface area contributed by atoms with E-state index in [9.17, 15) is 4.79 Å². The Morgan fingerprint density at radius 3 is 2.61 bits per heavy atom. The molecule has 1 aromatic carbocycles. The molecule has 0 atom stereocenters. The minimum atomic E-state index is -0.0361. The number of fused-ring (bicyclic) bond motifs is 1. The minimum Gasteiger partial charge on any atom is -0.363 e. The second-order valence-electron chi connectivity index (χ2n) is 7.20. The van der Waals surface area contributed by atoms with Gasteiger partial charge in [0.15, 0.2) is 5.11 Å². The van der Waals surface area contributed by atoms with E-state index in [0.717, 1.165) is 72.7 Å². The van der Waals surface area contributed by atoms with Crippen molar-refractivity contribution in [2.24, 2.45) is 0 Å². The normalized spacial score (nSPS) is 11.2. The van der Waals surface area contributed by atoms with Crippen LogP contribution in [-0.2, 0) is 6.54 Å². The van der Waals surface area contributed by atoms with Gasteiger partial charge in [-0.05, 0) is 55.7 Å². The van der Waals surface area contributed by atoms with Gasteiger partial charge in [0.2, 0.25) is 0 Å². The molecule has 0 aliphatic carbocycles. The highest BCUT2D eigenvalue weighted by Crippen LogP contribution is 2.16. The zero-order chi connectivity index (χ0) is 20.5. The van der Waals surface area contributed by atoms with Crippen molar-refractivity contribution < 1.29 is 0 Å². The summed E-state index contributed by atoms with van der Waals surface area (Å²) in [5.74, 6) is 0. The number of unbranched alkanes of at least 4 members (excludes halogenated alkanes) is 1. The lowest BCUT2D eigenvalue weighted by Crippen LogP contribution is -2.44. The summed E-state index contributed by atoms with van der Waals surface area (Å²) < 4.78 is 0. The summed E-state index contributed by atoms with van der Waals surface area (Å²) in [6.45, 7) is 13.6. The molecule has 1 aromatic heterocycles. The Hall–Kier alpha value is -1.92. The lowest BCUT2D eigenvalue weighted by Gasteiger charge is -2.29. The monoisotopic (exact) mass is 402 g/mol. The van der Waals surface area contributed by atoms with E-state index in [-0.39, 0.29) is 5.56 Å². The molecule has 2 N–H and O–H groups in total. The Labute approximate surface area is 174 Å². The van der Waals surface area contributed by atoms with Crippen LogP contribution in [0, 0.1) is 6.92 Å². The van der Waals surface area contributed by atoms with Crippen LogP contribution in [0.4, 0.5) is 0 Å². The van der Waals surface area contributed by atoms with Crippen LogP contribution >= 0.6 is 12.2 Å². The van der Waals surface area contributed by atoms with E-state index in [1.807, 2.05) is 31.2 Å². The molecule has 0 aliphatic heterocycles. The molecular weight excluding hydrogens is 368 g/mol. The maximum atomic E-state index is 12.7. The fraction of sp³-hybridized carbons (Fsp3) is 0.545. The molecule has 0 amide bonds. The molecule has 0 unspecified atom stereocenters. The number of aromatic nitrogens is 1. The molecule has 0 saturated heterocycles. The van der Waals surface area contributed by atoms with Gasteiger partial charge in [-0.1, -0.05) is 45.4 Å². The highest BCUT2D eigenvalue weighted by Gasteiger charge is 2.14. The van der Waals surface area contributed by atoms with Crippen LogP contribution in [-0.4, -0.2) is 52.6 Å². The third-order valence-corrected chi connectivity index (χ3v) is 5.60. The number of aromatic amines is 1. The summed E-state index contributed by atoms with van der Waals surface area (Å²) in [6, 6.07) is 8.08. The lowest BCUT2D eigenvalue weighted by molar-refractivity contribution is 0.263. The quantitative estimate of drug-likeness (QED) is 0.469. The Kier molecular flexibility index (Phi) is 8.93. The number of H-pyrrole nitrogens is 1. The van der Waals surface area contributed by atoms with Gasteiger partial charge < -0.3 is 20.1 Å². The molecule has 5 nitrogen and oxygen atoms in total. The maximum Gasteiger partial charge on any atom is 0.253 e. The fourth-order valence-corrected chi connectivity index (χ4v) is 3.55. The molecule has 1 heterocycles. The number of benzene rings is 1. The number of para-hydroxylation sites is 1. The lowest BCUT2D eigenvalue weighted by atomic mass is 10.1. The van der Waals surface area contributed by atoms with E-state index in [4.69, 9.17) is 12.2 Å². The number of nitrogens with one attached hydrogen (secondary N) is 2. The molecule has 0 radical (unpaired) electrons. The molecule has 0 saturated carbocycles. The number of hydrogen-bond acceptors (Lipinski definition) is 3. The Morgan fingerprint density at radius 1 is 1.18 bits per heavy atom. The first-order valence-corrected chi connectivity index (χ1v) is 10.8. The van der Waals surface area contributed by atoms with Gasteiger partial charge in [-0.15, -0.1) is 0 Å². The Balaban J connectivity index is 2.22. The zero-order valence-electron chi connectivity index (χ0n) is 17.7. The third-order valence-electron chi connectivity index (χ3n) is 5.20. The number of likely N-dealkylation sites (N-methyl/N-ethyl adjacent to an activating group) is 1. The van der Waals surface area contributed by atoms with Gasteiger partial charge in [0.25, 0.3) is 5.56 Å². The van der Waals surface area contributed by atoms with Crippen LogP contribution in [0.2, 0.25) is 0 Å². The van der Waals surface area contributed by atoms with E-state index in [1.54, 1.807) is 0 Å². The Bertz CT molecular complexity index is 829. The molecule has 28 heavy (non-hydrogen) atoms. The third kappa shape index (κ3) is 6.04. The first-order valence-electron chi connectivity index (χ1n) is 10.4. The van der Waals surface area contributed by atoms with Crippen molar-refractivity contribution in [3.63, 3.8) is 0 Å². The van der Waals surface area contributed by atoms with Crippen LogP contribution in [0.5, 0.6) is 0 Å². The van der Waals surface area contributed by atoms with Gasteiger partial charge >= 0.3 is 0 Å². The summed E-state index contributed by atoms with van der Waals surface area (Å²) in [6.07, 6.45) is 2.21. The molecule has 2 rings (SSSR count). The topological polar surface area (TPSA) is 51.4 Å². The maximum absolute atomic E-state index is 12.7. The van der Waals surface area contributed by atoms with Gasteiger partial charge in [-0.25, -0.2) is 0 Å². The average Bonchev–Trinajstić information content (AvgIpc) is 2.69. The van der Waals surface area contributed by atoms with Crippen molar-refractivity contribution in [1.29, 1.82) is 0 Å². The van der Waals surface area contributed by atoms with Crippen LogP contribution in [0.1, 0.15) is 44.7 Å². The molecule has 0 spiro atoms. The van der Waals surface area contributed by atoms with Crippen LogP contribution in [0.3, 0.4) is 0 Å². The van der Waals surface area contributed by atoms with Crippen LogP contribution in [0.15, 0.2) is 29.1 Å². The van der Waals surface area contributed by atoms with Gasteiger partial charge in [-0.2, -0.15) is 0 Å². The number of thiocarbonyl (C=S) groups is 1. The predicted octanol–water partition coefficient (Wildman–Crippen LogP) is 3.65. The number of aryl methyl sites for hydroxylation is 1. The smallest absolute Gasteiger partial charge is 0.253 e.